The summed E-state index contributed by atoms with van der Waals surface area (Å²) in [5, 5.41) is -0.617. The highest BCUT2D eigenvalue weighted by molar-refractivity contribution is 6.76. The van der Waals surface area contributed by atoms with E-state index < -0.39 is 59.9 Å². The highest BCUT2D eigenvalue weighted by atomic mass is 28.3. The first kappa shape index (κ1) is 25.8. The second-order valence-electron chi connectivity index (χ2n) is 8.85. The molecule has 0 aliphatic rings. The van der Waals surface area contributed by atoms with Crippen LogP contribution in [0.3, 0.4) is 0 Å². The first-order valence-corrected chi connectivity index (χ1v) is 13.8. The van der Waals surface area contributed by atoms with Crippen molar-refractivity contribution < 1.29 is 40.2 Å². The van der Waals surface area contributed by atoms with Crippen LogP contribution in [-0.2, 0) is 23.8 Å². The zero-order valence-corrected chi connectivity index (χ0v) is 19.4. The van der Waals surface area contributed by atoms with Crippen LogP contribution in [0.15, 0.2) is 30.6 Å². The van der Waals surface area contributed by atoms with Gasteiger partial charge in [-0.2, -0.15) is 26.3 Å². The van der Waals surface area contributed by atoms with Crippen molar-refractivity contribution in [3.63, 3.8) is 0 Å². The quantitative estimate of drug-likeness (QED) is 0.163. The topological polar surface area (TPSA) is 62.3 Å². The zero-order valence-electron chi connectivity index (χ0n) is 18.4. The molecule has 0 radical (unpaired) electrons. The standard InChI is InChI=1S/C21H22F7N3O2Si/c1-34(2,3)7-6-32-11-31-10-14(21(26,27)28)17-16(4-5-30-19(17)31)33-18-13(20(23,24)25)8-12(29)9-15(18)22/h4-5,8-10H,6-7,11,29H2,1-3H3. The van der Waals surface area contributed by atoms with Crippen LogP contribution in [0.5, 0.6) is 11.5 Å². The van der Waals surface area contributed by atoms with Crippen LogP contribution in [-0.4, -0.2) is 24.2 Å². The zero-order chi connectivity index (χ0) is 25.5. The predicted molar refractivity (Wildman–Crippen MR) is 115 cm³/mol. The first-order chi connectivity index (χ1) is 15.6. The Morgan fingerprint density at radius 1 is 1.03 bits per heavy atom. The highest BCUT2D eigenvalue weighted by Crippen LogP contribution is 2.45. The van der Waals surface area contributed by atoms with Crippen LogP contribution < -0.4 is 10.5 Å². The number of alkyl halides is 6. The molecule has 0 amide bonds. The average Bonchev–Trinajstić information content (AvgIpc) is 3.05. The molecule has 13 heteroatoms. The van der Waals surface area contributed by atoms with Crippen LogP contribution in [0, 0.1) is 5.82 Å². The van der Waals surface area contributed by atoms with Crippen molar-refractivity contribution in [1.82, 2.24) is 9.55 Å². The fourth-order valence-corrected chi connectivity index (χ4v) is 3.92. The lowest BCUT2D eigenvalue weighted by atomic mass is 10.1. The summed E-state index contributed by atoms with van der Waals surface area (Å²) >= 11 is 0. The third-order valence-electron chi connectivity index (χ3n) is 4.83. The van der Waals surface area contributed by atoms with Crippen molar-refractivity contribution in [1.29, 1.82) is 0 Å². The second-order valence-corrected chi connectivity index (χ2v) is 14.5. The molecule has 0 unspecified atom stereocenters. The summed E-state index contributed by atoms with van der Waals surface area (Å²) in [4.78, 5) is 3.93. The van der Waals surface area contributed by atoms with Crippen molar-refractivity contribution >= 4 is 24.8 Å². The summed E-state index contributed by atoms with van der Waals surface area (Å²) in [6.07, 6.45) is -8.17. The van der Waals surface area contributed by atoms with Crippen LogP contribution in [0.2, 0.25) is 25.7 Å². The Hall–Kier alpha value is -2.80. The van der Waals surface area contributed by atoms with Gasteiger partial charge >= 0.3 is 12.4 Å². The molecular formula is C21H22F7N3O2Si. The third kappa shape index (κ3) is 5.81. The highest BCUT2D eigenvalue weighted by Gasteiger charge is 2.39. The van der Waals surface area contributed by atoms with Crippen molar-refractivity contribution in [3.8, 4) is 11.5 Å². The minimum absolute atomic E-state index is 0.234. The van der Waals surface area contributed by atoms with Crippen molar-refractivity contribution in [2.45, 2.75) is 44.8 Å². The van der Waals surface area contributed by atoms with Crippen LogP contribution in [0.25, 0.3) is 11.0 Å². The molecule has 3 aromatic rings. The maximum atomic E-state index is 14.4. The molecule has 0 spiro atoms. The number of hydrogen-bond acceptors (Lipinski definition) is 4. The van der Waals surface area contributed by atoms with E-state index in [1.807, 2.05) is 0 Å². The fourth-order valence-electron chi connectivity index (χ4n) is 3.16. The lowest BCUT2D eigenvalue weighted by Gasteiger charge is -2.16. The van der Waals surface area contributed by atoms with Gasteiger partial charge in [-0.3, -0.25) is 0 Å². The van der Waals surface area contributed by atoms with Gasteiger partial charge in [-0.25, -0.2) is 9.37 Å². The van der Waals surface area contributed by atoms with Crippen LogP contribution >= 0.6 is 0 Å². The first-order valence-electron chi connectivity index (χ1n) is 10.0. The lowest BCUT2D eigenvalue weighted by Crippen LogP contribution is -2.22. The number of nitrogens with two attached hydrogens (primary N) is 1. The molecule has 0 aliphatic heterocycles. The number of halogens is 7. The Kier molecular flexibility index (Phi) is 6.91. The Morgan fingerprint density at radius 3 is 2.26 bits per heavy atom. The smallest absolute Gasteiger partial charge is 0.420 e. The minimum atomic E-state index is -5.07. The maximum absolute atomic E-state index is 14.4. The van der Waals surface area contributed by atoms with Gasteiger partial charge in [0, 0.05) is 38.8 Å². The minimum Gasteiger partial charge on any atom is -0.453 e. The van der Waals surface area contributed by atoms with E-state index in [-0.39, 0.29) is 12.4 Å². The average molecular weight is 509 g/mol. The largest absolute Gasteiger partial charge is 0.453 e. The Balaban J connectivity index is 2.08. The molecule has 0 fully saturated rings. The van der Waals surface area contributed by atoms with Gasteiger partial charge in [-0.1, -0.05) is 19.6 Å². The molecule has 0 aliphatic carbocycles. The summed E-state index contributed by atoms with van der Waals surface area (Å²) in [5.41, 5.74) is 1.79. The van der Waals surface area contributed by atoms with E-state index in [4.69, 9.17) is 15.2 Å². The number of pyridine rings is 1. The van der Waals surface area contributed by atoms with Crippen molar-refractivity contribution in [2.24, 2.45) is 0 Å². The van der Waals surface area contributed by atoms with E-state index in [9.17, 15) is 30.7 Å². The maximum Gasteiger partial charge on any atom is 0.420 e. The number of nitrogens with zero attached hydrogens (tertiary/aromatic N) is 2. The second kappa shape index (κ2) is 9.10. The summed E-state index contributed by atoms with van der Waals surface area (Å²) in [5.74, 6) is -3.41. The van der Waals surface area contributed by atoms with Crippen LogP contribution in [0.4, 0.5) is 36.4 Å². The molecule has 2 aromatic heterocycles. The molecular weight excluding hydrogens is 487 g/mol. The van der Waals surface area contributed by atoms with Gasteiger partial charge in [0.1, 0.15) is 23.7 Å². The van der Waals surface area contributed by atoms with Crippen molar-refractivity contribution in [3.05, 3.63) is 47.5 Å². The molecule has 3 rings (SSSR count). The van der Waals surface area contributed by atoms with Gasteiger partial charge in [-0.05, 0) is 18.2 Å². The third-order valence-corrected chi connectivity index (χ3v) is 6.54. The summed E-state index contributed by atoms with van der Waals surface area (Å²) in [6, 6.07) is 2.74. The van der Waals surface area contributed by atoms with Crippen molar-refractivity contribution in [2.75, 3.05) is 12.3 Å². The number of nitrogen functional groups attached to an aromatic ring is 1. The molecule has 186 valence electrons. The number of aromatic nitrogens is 2. The predicted octanol–water partition coefficient (Wildman–Crippen LogP) is 6.90. The fraction of sp³-hybridized carbons (Fsp3) is 0.381. The monoisotopic (exact) mass is 509 g/mol. The summed E-state index contributed by atoms with van der Waals surface area (Å²) in [6.45, 7) is 6.38. The van der Waals surface area contributed by atoms with Gasteiger partial charge in [0.05, 0.1) is 10.9 Å². The molecule has 5 nitrogen and oxygen atoms in total. The van der Waals surface area contributed by atoms with Crippen LogP contribution in [0.1, 0.15) is 11.1 Å². The van der Waals surface area contributed by atoms with E-state index in [0.29, 0.717) is 18.7 Å². The lowest BCUT2D eigenvalue weighted by molar-refractivity contribution is -0.139. The van der Waals surface area contributed by atoms with E-state index in [2.05, 4.69) is 24.6 Å². The van der Waals surface area contributed by atoms with E-state index in [1.165, 1.54) is 0 Å². The Morgan fingerprint density at radius 2 is 1.68 bits per heavy atom. The van der Waals surface area contributed by atoms with Gasteiger partial charge in [-0.15, -0.1) is 0 Å². The molecule has 34 heavy (non-hydrogen) atoms. The normalized spacial score (nSPS) is 13.0. The van der Waals surface area contributed by atoms with Gasteiger partial charge in [0.2, 0.25) is 0 Å². The molecule has 0 saturated heterocycles. The van der Waals surface area contributed by atoms with E-state index in [0.717, 1.165) is 29.1 Å². The summed E-state index contributed by atoms with van der Waals surface area (Å²) < 4.78 is 108. The molecule has 2 N–H and O–H groups in total. The molecule has 0 atom stereocenters. The number of fused-ring (bicyclic) bond motifs is 1. The SMILES string of the molecule is C[Si](C)(C)CCOCn1cc(C(F)(F)F)c2c(Oc3c(F)cc(N)cc3C(F)(F)F)ccnc21. The van der Waals surface area contributed by atoms with E-state index in [1.54, 1.807) is 0 Å². The molecule has 0 bridgehead atoms. The Labute approximate surface area is 191 Å². The molecule has 1 aromatic carbocycles. The summed E-state index contributed by atoms with van der Waals surface area (Å²) in [7, 11) is -1.44. The molecule has 0 saturated carbocycles. The van der Waals surface area contributed by atoms with E-state index >= 15 is 0 Å². The number of rotatable bonds is 7. The van der Waals surface area contributed by atoms with Gasteiger partial charge < -0.3 is 19.8 Å². The number of benzene rings is 1. The number of anilines is 1. The Bertz CT molecular complexity index is 1180. The van der Waals surface area contributed by atoms with Gasteiger partial charge in [0.25, 0.3) is 0 Å². The van der Waals surface area contributed by atoms with Gasteiger partial charge in [0.15, 0.2) is 11.6 Å². The number of hydrogen-bond donors (Lipinski definition) is 1. The molecule has 2 heterocycles. The number of ether oxygens (including phenoxy) is 2.